The molecule has 0 spiro atoms. The topological polar surface area (TPSA) is 47.3 Å². The molecule has 1 unspecified atom stereocenters. The van der Waals surface area contributed by atoms with Gasteiger partial charge >= 0.3 is 0 Å². The molecule has 3 N–H and O–H groups in total. The van der Waals surface area contributed by atoms with E-state index >= 15 is 0 Å². The van der Waals surface area contributed by atoms with Crippen LogP contribution in [0.4, 0.5) is 14.5 Å². The fourth-order valence-corrected chi connectivity index (χ4v) is 1.92. The highest BCUT2D eigenvalue weighted by atomic mass is 32.1. The summed E-state index contributed by atoms with van der Waals surface area (Å²) >= 11 is 4.70. The molecule has 6 heteroatoms. The number of hydrogen-bond donors (Lipinski definition) is 2. The summed E-state index contributed by atoms with van der Waals surface area (Å²) in [6.07, 6.45) is 1.64. The minimum absolute atomic E-state index is 0.0358. The molecule has 0 radical (unpaired) electrons. The molecule has 3 nitrogen and oxygen atoms in total. The number of rotatable bonds is 7. The predicted molar refractivity (Wildman–Crippen MR) is 76.4 cm³/mol. The molecule has 0 aliphatic heterocycles. The van der Waals surface area contributed by atoms with Crippen LogP contribution >= 0.6 is 12.2 Å². The van der Waals surface area contributed by atoms with Crippen LogP contribution in [0.1, 0.15) is 25.3 Å². The Hall–Kier alpha value is -1.27. The predicted octanol–water partition coefficient (Wildman–Crippen LogP) is 2.83. The second-order valence-corrected chi connectivity index (χ2v) is 4.70. The Morgan fingerprint density at radius 1 is 1.42 bits per heavy atom. The Balaban J connectivity index is 2.96. The smallest absolute Gasteiger partial charge is 0.150 e. The van der Waals surface area contributed by atoms with Crippen molar-refractivity contribution in [3.63, 3.8) is 0 Å². The Morgan fingerprint density at radius 3 is 2.42 bits per heavy atom. The van der Waals surface area contributed by atoms with Gasteiger partial charge in [0, 0.05) is 18.7 Å². The van der Waals surface area contributed by atoms with Gasteiger partial charge in [-0.1, -0.05) is 25.6 Å². The lowest BCUT2D eigenvalue weighted by molar-refractivity contribution is 0.182. The molecule has 1 atom stereocenters. The monoisotopic (exact) mass is 288 g/mol. The maximum absolute atomic E-state index is 13.9. The first-order valence-corrected chi connectivity index (χ1v) is 6.44. The quantitative estimate of drug-likeness (QED) is 0.757. The van der Waals surface area contributed by atoms with E-state index < -0.39 is 11.6 Å². The third-order valence-corrected chi connectivity index (χ3v) is 2.92. The number of anilines is 1. The normalized spacial score (nSPS) is 12.2. The second-order valence-electron chi connectivity index (χ2n) is 4.26. The van der Waals surface area contributed by atoms with Gasteiger partial charge in [-0.05, 0) is 18.6 Å². The lowest BCUT2D eigenvalue weighted by Gasteiger charge is -2.19. The van der Waals surface area contributed by atoms with Gasteiger partial charge in [0.15, 0.2) is 0 Å². The van der Waals surface area contributed by atoms with Crippen LogP contribution < -0.4 is 11.1 Å². The zero-order chi connectivity index (χ0) is 14.4. The van der Waals surface area contributed by atoms with Gasteiger partial charge in [-0.25, -0.2) is 8.78 Å². The van der Waals surface area contributed by atoms with Crippen molar-refractivity contribution in [3.05, 3.63) is 29.3 Å². The molecular formula is C13H18F2N2OS. The summed E-state index contributed by atoms with van der Waals surface area (Å²) in [5, 5.41) is 2.82. The number of nitrogens with one attached hydrogen (secondary N) is 1. The molecule has 0 amide bonds. The summed E-state index contributed by atoms with van der Waals surface area (Å²) in [7, 11) is 1.55. The van der Waals surface area contributed by atoms with Gasteiger partial charge in [-0.3, -0.25) is 0 Å². The van der Waals surface area contributed by atoms with Crippen LogP contribution in [0.2, 0.25) is 0 Å². The maximum Gasteiger partial charge on any atom is 0.150 e. The van der Waals surface area contributed by atoms with E-state index in [0.29, 0.717) is 6.61 Å². The van der Waals surface area contributed by atoms with E-state index in [1.165, 1.54) is 0 Å². The molecule has 0 saturated carbocycles. The average molecular weight is 288 g/mol. The van der Waals surface area contributed by atoms with Gasteiger partial charge in [0.25, 0.3) is 0 Å². The summed E-state index contributed by atoms with van der Waals surface area (Å²) in [5.74, 6) is -1.42. The minimum atomic E-state index is -0.708. The Morgan fingerprint density at radius 2 is 2.00 bits per heavy atom. The number of halogens is 2. The SMILES string of the molecule is CCCC(COC)Nc1c(F)cc(C(N)=S)cc1F. The molecule has 0 aliphatic carbocycles. The molecule has 0 aromatic heterocycles. The number of benzene rings is 1. The van der Waals surface area contributed by atoms with E-state index in [9.17, 15) is 8.78 Å². The first kappa shape index (κ1) is 15.8. The summed E-state index contributed by atoms with van der Waals surface area (Å²) in [6, 6.07) is 2.11. The van der Waals surface area contributed by atoms with Crippen molar-refractivity contribution in [1.82, 2.24) is 0 Å². The number of methoxy groups -OCH3 is 1. The van der Waals surface area contributed by atoms with Crippen LogP contribution in [0.3, 0.4) is 0 Å². The lowest BCUT2D eigenvalue weighted by Crippen LogP contribution is -2.26. The number of thiocarbonyl (C=S) groups is 1. The first-order valence-electron chi connectivity index (χ1n) is 6.03. The number of ether oxygens (including phenoxy) is 1. The van der Waals surface area contributed by atoms with Crippen molar-refractivity contribution in [2.45, 2.75) is 25.8 Å². The summed E-state index contributed by atoms with van der Waals surface area (Å²) in [5.41, 5.74) is 5.36. The standard InChI is InChI=1S/C13H18F2N2OS/c1-3-4-9(7-18-2)17-12-10(14)5-8(13(16)19)6-11(12)15/h5-6,9,17H,3-4,7H2,1-2H3,(H2,16,19). The van der Waals surface area contributed by atoms with Gasteiger partial charge in [0.05, 0.1) is 6.61 Å². The Labute approximate surface area is 117 Å². The number of nitrogens with two attached hydrogens (primary N) is 1. The van der Waals surface area contributed by atoms with Crippen molar-refractivity contribution in [2.24, 2.45) is 5.73 Å². The molecule has 1 aromatic rings. The zero-order valence-corrected chi connectivity index (χ0v) is 11.8. The molecule has 0 heterocycles. The largest absolute Gasteiger partial charge is 0.389 e. The fourth-order valence-electron chi connectivity index (χ4n) is 1.80. The lowest BCUT2D eigenvalue weighted by atomic mass is 10.1. The van der Waals surface area contributed by atoms with Crippen LogP contribution in [0.5, 0.6) is 0 Å². The maximum atomic E-state index is 13.9. The van der Waals surface area contributed by atoms with Crippen LogP contribution in [-0.4, -0.2) is 24.7 Å². The third kappa shape index (κ3) is 4.40. The summed E-state index contributed by atoms with van der Waals surface area (Å²) in [4.78, 5) is -0.0358. The highest BCUT2D eigenvalue weighted by molar-refractivity contribution is 7.80. The third-order valence-electron chi connectivity index (χ3n) is 2.68. The van der Waals surface area contributed by atoms with E-state index in [4.69, 9.17) is 22.7 Å². The van der Waals surface area contributed by atoms with E-state index in [-0.39, 0.29) is 22.3 Å². The van der Waals surface area contributed by atoms with Crippen molar-refractivity contribution in [1.29, 1.82) is 0 Å². The minimum Gasteiger partial charge on any atom is -0.389 e. The van der Waals surface area contributed by atoms with Crippen LogP contribution in [0.25, 0.3) is 0 Å². The van der Waals surface area contributed by atoms with Gasteiger partial charge in [-0.15, -0.1) is 0 Å². The van der Waals surface area contributed by atoms with E-state index in [2.05, 4.69) is 5.32 Å². The summed E-state index contributed by atoms with van der Waals surface area (Å²) < 4.78 is 32.7. The molecule has 19 heavy (non-hydrogen) atoms. The van der Waals surface area contributed by atoms with Crippen molar-refractivity contribution >= 4 is 22.9 Å². The van der Waals surface area contributed by atoms with Crippen LogP contribution in [0, 0.1) is 11.6 Å². The van der Waals surface area contributed by atoms with E-state index in [0.717, 1.165) is 25.0 Å². The highest BCUT2D eigenvalue weighted by Gasteiger charge is 2.16. The van der Waals surface area contributed by atoms with Crippen molar-refractivity contribution < 1.29 is 13.5 Å². The van der Waals surface area contributed by atoms with Crippen LogP contribution in [-0.2, 0) is 4.74 Å². The number of hydrogen-bond acceptors (Lipinski definition) is 3. The van der Waals surface area contributed by atoms with Gasteiger partial charge in [-0.2, -0.15) is 0 Å². The Kier molecular flexibility index (Phi) is 6.11. The zero-order valence-electron chi connectivity index (χ0n) is 11.0. The molecule has 1 rings (SSSR count). The first-order chi connectivity index (χ1) is 8.99. The van der Waals surface area contributed by atoms with Gasteiger partial charge in [0.1, 0.15) is 22.3 Å². The Bertz CT molecular complexity index is 425. The molecule has 0 aliphatic rings. The van der Waals surface area contributed by atoms with Crippen molar-refractivity contribution in [2.75, 3.05) is 19.0 Å². The highest BCUT2D eigenvalue weighted by Crippen LogP contribution is 2.22. The van der Waals surface area contributed by atoms with Gasteiger partial charge < -0.3 is 15.8 Å². The van der Waals surface area contributed by atoms with E-state index in [1.807, 2.05) is 6.92 Å². The van der Waals surface area contributed by atoms with E-state index in [1.54, 1.807) is 7.11 Å². The fraction of sp³-hybridized carbons (Fsp3) is 0.462. The molecule has 0 saturated heterocycles. The van der Waals surface area contributed by atoms with Crippen LogP contribution in [0.15, 0.2) is 12.1 Å². The second kappa shape index (κ2) is 7.35. The molecular weight excluding hydrogens is 270 g/mol. The summed E-state index contributed by atoms with van der Waals surface area (Å²) in [6.45, 7) is 2.37. The van der Waals surface area contributed by atoms with Crippen molar-refractivity contribution in [3.8, 4) is 0 Å². The molecule has 0 fully saturated rings. The molecule has 1 aromatic carbocycles. The molecule has 0 bridgehead atoms. The average Bonchev–Trinajstić information content (AvgIpc) is 2.33. The molecule has 106 valence electrons. The van der Waals surface area contributed by atoms with Gasteiger partial charge in [0.2, 0.25) is 0 Å².